The van der Waals surface area contributed by atoms with Crippen LogP contribution < -0.4 is 10.1 Å². The molecule has 3 nitrogen and oxygen atoms in total. The zero-order valence-corrected chi connectivity index (χ0v) is 10.4. The van der Waals surface area contributed by atoms with Gasteiger partial charge in [-0.3, -0.25) is 0 Å². The lowest BCUT2D eigenvalue weighted by atomic mass is 10.1. The third-order valence-corrected chi connectivity index (χ3v) is 2.95. The van der Waals surface area contributed by atoms with Crippen molar-refractivity contribution in [3.63, 3.8) is 0 Å². The van der Waals surface area contributed by atoms with Crippen LogP contribution in [0.15, 0.2) is 24.3 Å². The van der Waals surface area contributed by atoms with Gasteiger partial charge in [-0.05, 0) is 37.5 Å². The van der Waals surface area contributed by atoms with Gasteiger partial charge in [-0.1, -0.05) is 12.1 Å². The number of aryl methyl sites for hydroxylation is 1. The van der Waals surface area contributed by atoms with Gasteiger partial charge < -0.3 is 14.8 Å². The summed E-state index contributed by atoms with van der Waals surface area (Å²) < 4.78 is 11.1. The Morgan fingerprint density at radius 3 is 3.18 bits per heavy atom. The van der Waals surface area contributed by atoms with Crippen LogP contribution in [0.4, 0.5) is 0 Å². The van der Waals surface area contributed by atoms with Crippen LogP contribution >= 0.6 is 0 Å². The molecule has 0 aromatic heterocycles. The van der Waals surface area contributed by atoms with Gasteiger partial charge in [-0.2, -0.15) is 0 Å². The minimum atomic E-state index is 0.504. The molecule has 3 heteroatoms. The zero-order chi connectivity index (χ0) is 11.9. The fraction of sp³-hybridized carbons (Fsp3) is 0.571. The summed E-state index contributed by atoms with van der Waals surface area (Å²) >= 11 is 0. The maximum absolute atomic E-state index is 5.67. The highest BCUT2D eigenvalue weighted by molar-refractivity contribution is 5.27. The third-order valence-electron chi connectivity index (χ3n) is 2.95. The van der Waals surface area contributed by atoms with E-state index in [1.807, 2.05) is 12.1 Å². The number of hydrogen-bond donors (Lipinski definition) is 1. The standard InChI is InChI=1S/C14H21NO2/c1-12-4-2-6-14(10-12)17-9-7-15-13-5-3-8-16-11-13/h2,4,6,10,13,15H,3,5,7-9,11H2,1H3. The monoisotopic (exact) mass is 235 g/mol. The van der Waals surface area contributed by atoms with E-state index in [2.05, 4.69) is 24.4 Å². The molecule has 1 aliphatic heterocycles. The molecular weight excluding hydrogens is 214 g/mol. The van der Waals surface area contributed by atoms with E-state index in [1.54, 1.807) is 0 Å². The smallest absolute Gasteiger partial charge is 0.119 e. The van der Waals surface area contributed by atoms with E-state index in [9.17, 15) is 0 Å². The van der Waals surface area contributed by atoms with Crippen LogP contribution in [0.3, 0.4) is 0 Å². The maximum Gasteiger partial charge on any atom is 0.119 e. The fourth-order valence-electron chi connectivity index (χ4n) is 2.04. The van der Waals surface area contributed by atoms with Crippen LogP contribution in [0, 0.1) is 6.92 Å². The van der Waals surface area contributed by atoms with Crippen LogP contribution in [0.1, 0.15) is 18.4 Å². The van der Waals surface area contributed by atoms with Crippen LogP contribution in [0.2, 0.25) is 0 Å². The normalized spacial score (nSPS) is 20.2. The minimum Gasteiger partial charge on any atom is -0.492 e. The van der Waals surface area contributed by atoms with Crippen LogP contribution in [-0.4, -0.2) is 32.4 Å². The van der Waals surface area contributed by atoms with Crippen molar-refractivity contribution in [3.05, 3.63) is 29.8 Å². The van der Waals surface area contributed by atoms with E-state index in [-0.39, 0.29) is 0 Å². The summed E-state index contributed by atoms with van der Waals surface area (Å²) in [7, 11) is 0. The molecule has 0 saturated carbocycles. The molecule has 0 spiro atoms. The van der Waals surface area contributed by atoms with Crippen molar-refractivity contribution < 1.29 is 9.47 Å². The summed E-state index contributed by atoms with van der Waals surface area (Å²) in [6, 6.07) is 8.66. The first-order valence-electron chi connectivity index (χ1n) is 6.35. The van der Waals surface area contributed by atoms with Gasteiger partial charge in [0.15, 0.2) is 0 Å². The predicted molar refractivity (Wildman–Crippen MR) is 68.5 cm³/mol. The Morgan fingerprint density at radius 1 is 1.47 bits per heavy atom. The highest BCUT2D eigenvalue weighted by atomic mass is 16.5. The molecule has 1 aliphatic rings. The molecule has 2 rings (SSSR count). The number of hydrogen-bond acceptors (Lipinski definition) is 3. The van der Waals surface area contributed by atoms with E-state index in [0.29, 0.717) is 12.6 Å². The minimum absolute atomic E-state index is 0.504. The van der Waals surface area contributed by atoms with Gasteiger partial charge in [0.1, 0.15) is 12.4 Å². The molecule has 94 valence electrons. The van der Waals surface area contributed by atoms with Gasteiger partial charge >= 0.3 is 0 Å². The predicted octanol–water partition coefficient (Wildman–Crippen LogP) is 2.14. The number of ether oxygens (including phenoxy) is 2. The van der Waals surface area contributed by atoms with Crippen LogP contribution in [-0.2, 0) is 4.74 Å². The Hall–Kier alpha value is -1.06. The average molecular weight is 235 g/mol. The first kappa shape index (κ1) is 12.4. The van der Waals surface area contributed by atoms with Crippen molar-refractivity contribution in [2.24, 2.45) is 0 Å². The van der Waals surface area contributed by atoms with E-state index >= 15 is 0 Å². The first-order chi connectivity index (χ1) is 8.34. The van der Waals surface area contributed by atoms with Crippen molar-refractivity contribution in [1.29, 1.82) is 0 Å². The zero-order valence-electron chi connectivity index (χ0n) is 10.4. The first-order valence-corrected chi connectivity index (χ1v) is 6.35. The van der Waals surface area contributed by atoms with E-state index in [1.165, 1.54) is 12.0 Å². The Balaban J connectivity index is 1.62. The molecule has 1 N–H and O–H groups in total. The lowest BCUT2D eigenvalue weighted by Crippen LogP contribution is -2.38. The van der Waals surface area contributed by atoms with Crippen molar-refractivity contribution in [1.82, 2.24) is 5.32 Å². The van der Waals surface area contributed by atoms with E-state index < -0.39 is 0 Å². The second-order valence-electron chi connectivity index (χ2n) is 4.53. The fourth-order valence-corrected chi connectivity index (χ4v) is 2.04. The van der Waals surface area contributed by atoms with Crippen LogP contribution in [0.25, 0.3) is 0 Å². The van der Waals surface area contributed by atoms with Crippen LogP contribution in [0.5, 0.6) is 5.75 Å². The Morgan fingerprint density at radius 2 is 2.41 bits per heavy atom. The topological polar surface area (TPSA) is 30.5 Å². The van der Waals surface area contributed by atoms with Gasteiger partial charge in [0.2, 0.25) is 0 Å². The maximum atomic E-state index is 5.67. The SMILES string of the molecule is Cc1cccc(OCCNC2CCCOC2)c1. The molecule has 1 fully saturated rings. The summed E-state index contributed by atoms with van der Waals surface area (Å²) in [4.78, 5) is 0. The summed E-state index contributed by atoms with van der Waals surface area (Å²) in [6.07, 6.45) is 2.38. The molecular formula is C14H21NO2. The van der Waals surface area contributed by atoms with Gasteiger partial charge in [0, 0.05) is 19.2 Å². The largest absolute Gasteiger partial charge is 0.492 e. The molecule has 0 aliphatic carbocycles. The van der Waals surface area contributed by atoms with Crippen molar-refractivity contribution in [2.75, 3.05) is 26.4 Å². The highest BCUT2D eigenvalue weighted by Gasteiger charge is 2.12. The van der Waals surface area contributed by atoms with Crippen molar-refractivity contribution >= 4 is 0 Å². The highest BCUT2D eigenvalue weighted by Crippen LogP contribution is 2.12. The van der Waals surface area contributed by atoms with E-state index in [4.69, 9.17) is 9.47 Å². The molecule has 0 amide bonds. The molecule has 1 unspecified atom stereocenters. The van der Waals surface area contributed by atoms with Crippen molar-refractivity contribution in [3.8, 4) is 5.75 Å². The quantitative estimate of drug-likeness (QED) is 0.793. The Labute approximate surface area is 103 Å². The second-order valence-corrected chi connectivity index (χ2v) is 4.53. The van der Waals surface area contributed by atoms with Crippen molar-refractivity contribution in [2.45, 2.75) is 25.8 Å². The number of benzene rings is 1. The lowest BCUT2D eigenvalue weighted by Gasteiger charge is -2.23. The molecule has 17 heavy (non-hydrogen) atoms. The lowest BCUT2D eigenvalue weighted by molar-refractivity contribution is 0.0693. The molecule has 1 heterocycles. The van der Waals surface area contributed by atoms with Gasteiger partial charge in [0.05, 0.1) is 6.61 Å². The molecule has 0 bridgehead atoms. The summed E-state index contributed by atoms with van der Waals surface area (Å²) in [6.45, 7) is 5.41. The van der Waals surface area contributed by atoms with E-state index in [0.717, 1.165) is 31.9 Å². The van der Waals surface area contributed by atoms with Gasteiger partial charge in [-0.15, -0.1) is 0 Å². The van der Waals surface area contributed by atoms with Gasteiger partial charge in [-0.25, -0.2) is 0 Å². The number of nitrogens with one attached hydrogen (secondary N) is 1. The summed E-state index contributed by atoms with van der Waals surface area (Å²) in [5.41, 5.74) is 1.23. The average Bonchev–Trinajstić information content (AvgIpc) is 2.36. The molecule has 1 saturated heterocycles. The molecule has 1 aromatic carbocycles. The second kappa shape index (κ2) is 6.62. The molecule has 1 aromatic rings. The molecule has 1 atom stereocenters. The summed E-state index contributed by atoms with van der Waals surface area (Å²) in [5.74, 6) is 0.951. The number of rotatable bonds is 5. The third kappa shape index (κ3) is 4.36. The Bertz CT molecular complexity index is 335. The molecule has 0 radical (unpaired) electrons. The Kier molecular flexibility index (Phi) is 4.83. The summed E-state index contributed by atoms with van der Waals surface area (Å²) in [5, 5.41) is 3.46. The van der Waals surface area contributed by atoms with Gasteiger partial charge in [0.25, 0.3) is 0 Å².